The molecule has 0 saturated carbocycles. The fraction of sp³-hybridized carbons (Fsp3) is 0.438. The molecule has 130 valence electrons. The number of rotatable bonds is 6. The molecule has 0 aliphatic carbocycles. The fourth-order valence-corrected chi connectivity index (χ4v) is 1.85. The molecule has 0 radical (unpaired) electrons. The van der Waals surface area contributed by atoms with Gasteiger partial charge in [-0.2, -0.15) is 5.26 Å². The number of benzene rings is 1. The average molecular weight is 355 g/mol. The highest BCUT2D eigenvalue weighted by Crippen LogP contribution is 2.24. The zero-order valence-electron chi connectivity index (χ0n) is 13.6. The van der Waals surface area contributed by atoms with E-state index in [4.69, 9.17) is 26.3 Å². The van der Waals surface area contributed by atoms with Crippen molar-refractivity contribution in [1.82, 2.24) is 5.32 Å². The van der Waals surface area contributed by atoms with Crippen LogP contribution >= 0.6 is 11.6 Å². The first kappa shape index (κ1) is 19.6. The highest BCUT2D eigenvalue weighted by Gasteiger charge is 2.22. The van der Waals surface area contributed by atoms with Crippen LogP contribution in [0.5, 0.6) is 5.75 Å². The Bertz CT molecular complexity index is 649. The van der Waals surface area contributed by atoms with Crippen molar-refractivity contribution in [3.63, 3.8) is 0 Å². The molecule has 7 nitrogen and oxygen atoms in total. The fourth-order valence-electron chi connectivity index (χ4n) is 1.69. The first-order valence-corrected chi connectivity index (χ1v) is 7.56. The minimum absolute atomic E-state index is 0.00798. The number of nitrogens with zero attached hydrogens (tertiary/aromatic N) is 1. The molecule has 0 bridgehead atoms. The molecule has 1 aromatic carbocycles. The Morgan fingerprint density at radius 1 is 1.42 bits per heavy atom. The second-order valence-electron chi connectivity index (χ2n) is 5.91. The standard InChI is InChI=1S/C16H19ClN2O5/c1-16(2,3)24-15(22)19-7-6-12(14(20)21)23-13-8-11(17)5-4-10(13)9-18/h4-5,8,12H,6-7H2,1-3H3,(H,19,22)(H,20,21)/t12-/m1/s1. The number of alkyl carbamates (subject to hydrolysis) is 1. The minimum atomic E-state index is -1.24. The molecule has 2 N–H and O–H groups in total. The van der Waals surface area contributed by atoms with Gasteiger partial charge in [0, 0.05) is 24.1 Å². The van der Waals surface area contributed by atoms with Gasteiger partial charge in [0.2, 0.25) is 0 Å². The molecule has 0 aromatic heterocycles. The Balaban J connectivity index is 2.66. The van der Waals surface area contributed by atoms with Crippen LogP contribution in [0, 0.1) is 11.3 Å². The van der Waals surface area contributed by atoms with Gasteiger partial charge in [-0.1, -0.05) is 11.6 Å². The van der Waals surface area contributed by atoms with Crippen LogP contribution in [-0.4, -0.2) is 35.4 Å². The zero-order chi connectivity index (χ0) is 18.3. The summed E-state index contributed by atoms with van der Waals surface area (Å²) in [6, 6.07) is 6.22. The zero-order valence-corrected chi connectivity index (χ0v) is 14.4. The van der Waals surface area contributed by atoms with E-state index in [-0.39, 0.29) is 24.3 Å². The van der Waals surface area contributed by atoms with E-state index >= 15 is 0 Å². The van der Waals surface area contributed by atoms with Crippen molar-refractivity contribution in [2.75, 3.05) is 6.54 Å². The number of carboxylic acid groups (broad SMARTS) is 1. The third kappa shape index (κ3) is 6.75. The second-order valence-corrected chi connectivity index (χ2v) is 6.35. The van der Waals surface area contributed by atoms with E-state index < -0.39 is 23.8 Å². The molecule has 1 rings (SSSR count). The van der Waals surface area contributed by atoms with Gasteiger partial charge in [-0.05, 0) is 32.9 Å². The van der Waals surface area contributed by atoms with Crippen LogP contribution in [0.15, 0.2) is 18.2 Å². The Hall–Kier alpha value is -2.46. The Labute approximate surface area is 145 Å². The van der Waals surface area contributed by atoms with Gasteiger partial charge in [-0.15, -0.1) is 0 Å². The lowest BCUT2D eigenvalue weighted by molar-refractivity contribution is -0.145. The monoisotopic (exact) mass is 354 g/mol. The summed E-state index contributed by atoms with van der Waals surface area (Å²) < 4.78 is 10.4. The number of halogens is 1. The SMILES string of the molecule is CC(C)(C)OC(=O)NCC[C@@H](Oc1cc(Cl)ccc1C#N)C(=O)O. The quantitative estimate of drug-likeness (QED) is 0.812. The maximum absolute atomic E-state index is 11.5. The Morgan fingerprint density at radius 3 is 2.62 bits per heavy atom. The van der Waals surface area contributed by atoms with E-state index in [2.05, 4.69) is 5.32 Å². The normalized spacial score (nSPS) is 12.0. The van der Waals surface area contributed by atoms with Crippen LogP contribution in [-0.2, 0) is 9.53 Å². The summed E-state index contributed by atoms with van der Waals surface area (Å²) in [6.45, 7) is 5.20. The van der Waals surface area contributed by atoms with Crippen LogP contribution in [0.1, 0.15) is 32.8 Å². The van der Waals surface area contributed by atoms with Gasteiger partial charge in [0.15, 0.2) is 6.10 Å². The van der Waals surface area contributed by atoms with Crippen molar-refractivity contribution >= 4 is 23.7 Å². The number of carboxylic acids is 1. The first-order chi connectivity index (χ1) is 11.1. The molecule has 1 amide bonds. The molecule has 24 heavy (non-hydrogen) atoms. The second kappa shape index (κ2) is 8.41. The van der Waals surface area contributed by atoms with E-state index in [1.54, 1.807) is 20.8 Å². The van der Waals surface area contributed by atoms with Gasteiger partial charge in [-0.25, -0.2) is 9.59 Å². The number of ether oxygens (including phenoxy) is 2. The Morgan fingerprint density at radius 2 is 2.08 bits per heavy atom. The highest BCUT2D eigenvalue weighted by atomic mass is 35.5. The third-order valence-corrected chi connectivity index (χ3v) is 2.92. The first-order valence-electron chi connectivity index (χ1n) is 7.18. The van der Waals surface area contributed by atoms with Crippen LogP contribution < -0.4 is 10.1 Å². The molecule has 1 aromatic rings. The number of hydrogen-bond donors (Lipinski definition) is 2. The van der Waals surface area contributed by atoms with E-state index in [0.29, 0.717) is 5.02 Å². The van der Waals surface area contributed by atoms with Crippen LogP contribution in [0.3, 0.4) is 0 Å². The summed E-state index contributed by atoms with van der Waals surface area (Å²) in [5, 5.41) is 21.0. The number of amides is 1. The number of carbonyl (C=O) groups is 2. The summed E-state index contributed by atoms with van der Waals surface area (Å²) in [5.74, 6) is -1.14. The maximum atomic E-state index is 11.5. The van der Waals surface area contributed by atoms with Crippen molar-refractivity contribution < 1.29 is 24.2 Å². The van der Waals surface area contributed by atoms with Crippen LogP contribution in [0.4, 0.5) is 4.79 Å². The lowest BCUT2D eigenvalue weighted by Gasteiger charge is -2.20. The van der Waals surface area contributed by atoms with E-state index in [9.17, 15) is 14.7 Å². The number of hydrogen-bond acceptors (Lipinski definition) is 5. The number of nitriles is 1. The number of nitrogens with one attached hydrogen (secondary N) is 1. The van der Waals surface area contributed by atoms with E-state index in [1.807, 2.05) is 6.07 Å². The van der Waals surface area contributed by atoms with Crippen molar-refractivity contribution in [1.29, 1.82) is 5.26 Å². The largest absolute Gasteiger partial charge is 0.479 e. The van der Waals surface area contributed by atoms with Crippen molar-refractivity contribution in [2.24, 2.45) is 0 Å². The molecule has 0 unspecified atom stereocenters. The van der Waals surface area contributed by atoms with Gasteiger partial charge >= 0.3 is 12.1 Å². The molecule has 0 aliphatic rings. The number of carbonyl (C=O) groups excluding carboxylic acids is 1. The van der Waals surface area contributed by atoms with Gasteiger partial charge in [-0.3, -0.25) is 0 Å². The molecule has 0 aliphatic heterocycles. The predicted octanol–water partition coefficient (Wildman–Crippen LogP) is 2.96. The van der Waals surface area contributed by atoms with Gasteiger partial charge < -0.3 is 19.9 Å². The smallest absolute Gasteiger partial charge is 0.407 e. The summed E-state index contributed by atoms with van der Waals surface area (Å²) >= 11 is 5.83. The van der Waals surface area contributed by atoms with Crippen molar-refractivity contribution in [3.05, 3.63) is 28.8 Å². The van der Waals surface area contributed by atoms with Crippen molar-refractivity contribution in [3.8, 4) is 11.8 Å². The topological polar surface area (TPSA) is 109 Å². The van der Waals surface area contributed by atoms with Gasteiger partial charge in [0.25, 0.3) is 0 Å². The molecular weight excluding hydrogens is 336 g/mol. The molecule has 0 saturated heterocycles. The molecule has 8 heteroatoms. The maximum Gasteiger partial charge on any atom is 0.407 e. The Kier molecular flexibility index (Phi) is 6.86. The molecule has 0 spiro atoms. The number of aliphatic carboxylic acids is 1. The molecular formula is C16H19ClN2O5. The molecule has 0 heterocycles. The average Bonchev–Trinajstić information content (AvgIpc) is 2.44. The van der Waals surface area contributed by atoms with Crippen LogP contribution in [0.2, 0.25) is 5.02 Å². The molecule has 0 fully saturated rings. The highest BCUT2D eigenvalue weighted by molar-refractivity contribution is 6.30. The lowest BCUT2D eigenvalue weighted by Crippen LogP contribution is -2.36. The minimum Gasteiger partial charge on any atom is -0.479 e. The lowest BCUT2D eigenvalue weighted by atomic mass is 10.2. The van der Waals surface area contributed by atoms with Gasteiger partial charge in [0.05, 0.1) is 5.56 Å². The van der Waals surface area contributed by atoms with E-state index in [1.165, 1.54) is 18.2 Å². The van der Waals surface area contributed by atoms with Gasteiger partial charge in [0.1, 0.15) is 17.4 Å². The summed E-state index contributed by atoms with van der Waals surface area (Å²) in [7, 11) is 0. The van der Waals surface area contributed by atoms with Crippen molar-refractivity contribution in [2.45, 2.75) is 38.9 Å². The molecule has 1 atom stereocenters. The van der Waals surface area contributed by atoms with E-state index in [0.717, 1.165) is 0 Å². The summed E-state index contributed by atoms with van der Waals surface area (Å²) in [6.07, 6.45) is -1.90. The van der Waals surface area contributed by atoms with Crippen LogP contribution in [0.25, 0.3) is 0 Å². The third-order valence-electron chi connectivity index (χ3n) is 2.68. The predicted molar refractivity (Wildman–Crippen MR) is 87.1 cm³/mol. The summed E-state index contributed by atoms with van der Waals surface area (Å²) in [5.41, 5.74) is -0.472. The summed E-state index contributed by atoms with van der Waals surface area (Å²) in [4.78, 5) is 22.8.